The van der Waals surface area contributed by atoms with Gasteiger partial charge in [0, 0.05) is 0 Å². The highest BCUT2D eigenvalue weighted by Gasteiger charge is 2.27. The predicted molar refractivity (Wildman–Crippen MR) is 78.1 cm³/mol. The standard InChI is InChI=1S/C13H26N4O4/c1-7(2)5-9(16-13(20)21)11(18)15-10(6-8(3)4)12(19)17-14/h7-10,16H,5-6,14H2,1-4H3,(H,15,18)(H,17,19)(H,20,21). The third-order valence-corrected chi connectivity index (χ3v) is 2.80. The molecule has 0 radical (unpaired) electrons. The smallest absolute Gasteiger partial charge is 0.405 e. The molecule has 8 heteroatoms. The Morgan fingerprint density at radius 3 is 1.67 bits per heavy atom. The van der Waals surface area contributed by atoms with Gasteiger partial charge in [0.05, 0.1) is 0 Å². The number of hydrogen-bond donors (Lipinski definition) is 5. The van der Waals surface area contributed by atoms with Crippen LogP contribution in [0.3, 0.4) is 0 Å². The molecule has 122 valence electrons. The molecule has 8 nitrogen and oxygen atoms in total. The largest absolute Gasteiger partial charge is 0.465 e. The average Bonchev–Trinajstić information content (AvgIpc) is 2.34. The van der Waals surface area contributed by atoms with Crippen LogP contribution in [-0.4, -0.2) is 35.1 Å². The lowest BCUT2D eigenvalue weighted by Gasteiger charge is -2.23. The van der Waals surface area contributed by atoms with Gasteiger partial charge in [0.25, 0.3) is 5.91 Å². The van der Waals surface area contributed by atoms with Gasteiger partial charge in [-0.1, -0.05) is 27.7 Å². The quantitative estimate of drug-likeness (QED) is 0.248. The van der Waals surface area contributed by atoms with Crippen LogP contribution in [-0.2, 0) is 9.59 Å². The van der Waals surface area contributed by atoms with Gasteiger partial charge in [0.2, 0.25) is 5.91 Å². The van der Waals surface area contributed by atoms with E-state index in [0.717, 1.165) is 0 Å². The Hall–Kier alpha value is -1.83. The second-order valence-corrected chi connectivity index (χ2v) is 5.83. The van der Waals surface area contributed by atoms with E-state index in [1.54, 1.807) is 0 Å². The number of nitrogens with two attached hydrogens (primary N) is 1. The van der Waals surface area contributed by atoms with E-state index in [1.807, 2.05) is 33.1 Å². The summed E-state index contributed by atoms with van der Waals surface area (Å²) in [7, 11) is 0. The van der Waals surface area contributed by atoms with Crippen molar-refractivity contribution in [3.05, 3.63) is 0 Å². The van der Waals surface area contributed by atoms with Gasteiger partial charge in [-0.25, -0.2) is 10.6 Å². The van der Waals surface area contributed by atoms with Crippen LogP contribution in [0.2, 0.25) is 0 Å². The first kappa shape index (κ1) is 19.2. The van der Waals surface area contributed by atoms with E-state index in [9.17, 15) is 14.4 Å². The maximum atomic E-state index is 12.2. The molecule has 0 aromatic rings. The topological polar surface area (TPSA) is 134 Å². The summed E-state index contributed by atoms with van der Waals surface area (Å²) in [4.78, 5) is 34.6. The number of carboxylic acid groups (broad SMARTS) is 1. The maximum absolute atomic E-state index is 12.2. The lowest BCUT2D eigenvalue weighted by atomic mass is 10.0. The van der Waals surface area contributed by atoms with E-state index in [1.165, 1.54) is 0 Å². The molecule has 3 amide bonds. The van der Waals surface area contributed by atoms with Gasteiger partial charge >= 0.3 is 6.09 Å². The Kier molecular flexibility index (Phi) is 8.37. The van der Waals surface area contributed by atoms with Gasteiger partial charge < -0.3 is 15.7 Å². The number of hydrazine groups is 1. The fourth-order valence-electron chi connectivity index (χ4n) is 1.93. The molecule has 0 spiro atoms. The lowest BCUT2D eigenvalue weighted by molar-refractivity contribution is -0.130. The van der Waals surface area contributed by atoms with Crippen LogP contribution in [0.15, 0.2) is 0 Å². The van der Waals surface area contributed by atoms with Crippen LogP contribution in [0.4, 0.5) is 4.79 Å². The summed E-state index contributed by atoms with van der Waals surface area (Å²) in [6.45, 7) is 7.57. The van der Waals surface area contributed by atoms with E-state index in [4.69, 9.17) is 10.9 Å². The van der Waals surface area contributed by atoms with Crippen molar-refractivity contribution in [2.75, 3.05) is 0 Å². The molecular weight excluding hydrogens is 276 g/mol. The highest BCUT2D eigenvalue weighted by Crippen LogP contribution is 2.08. The van der Waals surface area contributed by atoms with Crippen molar-refractivity contribution in [1.82, 2.24) is 16.1 Å². The van der Waals surface area contributed by atoms with Crippen molar-refractivity contribution >= 4 is 17.9 Å². The van der Waals surface area contributed by atoms with Crippen molar-refractivity contribution in [2.45, 2.75) is 52.6 Å². The van der Waals surface area contributed by atoms with Crippen LogP contribution in [0.5, 0.6) is 0 Å². The van der Waals surface area contributed by atoms with Crippen molar-refractivity contribution in [3.63, 3.8) is 0 Å². The highest BCUT2D eigenvalue weighted by atomic mass is 16.4. The van der Waals surface area contributed by atoms with Gasteiger partial charge in [-0.15, -0.1) is 0 Å². The van der Waals surface area contributed by atoms with Gasteiger partial charge in [-0.05, 0) is 24.7 Å². The maximum Gasteiger partial charge on any atom is 0.405 e. The minimum absolute atomic E-state index is 0.125. The molecule has 0 fully saturated rings. The Bertz CT molecular complexity index is 371. The summed E-state index contributed by atoms with van der Waals surface area (Å²) in [6, 6.07) is -1.68. The normalized spacial score (nSPS) is 13.7. The molecule has 2 unspecified atom stereocenters. The predicted octanol–water partition coefficient (Wildman–Crippen LogP) is 0.190. The fraction of sp³-hybridized carbons (Fsp3) is 0.769. The van der Waals surface area contributed by atoms with E-state index < -0.39 is 30.0 Å². The van der Waals surface area contributed by atoms with Gasteiger partial charge in [-0.3, -0.25) is 15.0 Å². The Labute approximate surface area is 124 Å². The van der Waals surface area contributed by atoms with Crippen LogP contribution in [0.1, 0.15) is 40.5 Å². The Balaban J connectivity index is 4.87. The number of carbonyl (C=O) groups is 3. The third kappa shape index (κ3) is 8.13. The molecule has 0 heterocycles. The van der Waals surface area contributed by atoms with Gasteiger partial charge in [0.1, 0.15) is 12.1 Å². The first-order valence-corrected chi connectivity index (χ1v) is 6.97. The van der Waals surface area contributed by atoms with E-state index in [2.05, 4.69) is 10.6 Å². The molecule has 0 rings (SSSR count). The summed E-state index contributed by atoms with van der Waals surface area (Å²) in [5.74, 6) is 4.36. The summed E-state index contributed by atoms with van der Waals surface area (Å²) in [5, 5.41) is 13.5. The summed E-state index contributed by atoms with van der Waals surface area (Å²) < 4.78 is 0. The third-order valence-electron chi connectivity index (χ3n) is 2.80. The minimum Gasteiger partial charge on any atom is -0.465 e. The van der Waals surface area contributed by atoms with Crippen molar-refractivity contribution in [2.24, 2.45) is 17.7 Å². The molecule has 0 aromatic carbocycles. The zero-order chi connectivity index (χ0) is 16.6. The summed E-state index contributed by atoms with van der Waals surface area (Å²) >= 11 is 0. The van der Waals surface area contributed by atoms with E-state index >= 15 is 0 Å². The van der Waals surface area contributed by atoms with E-state index in [0.29, 0.717) is 12.8 Å². The van der Waals surface area contributed by atoms with Crippen LogP contribution >= 0.6 is 0 Å². The molecule has 0 aliphatic carbocycles. The van der Waals surface area contributed by atoms with Crippen LogP contribution in [0, 0.1) is 11.8 Å². The lowest BCUT2D eigenvalue weighted by Crippen LogP contribution is -2.55. The first-order chi connectivity index (χ1) is 9.67. The second kappa shape index (κ2) is 9.17. The molecule has 0 aliphatic heterocycles. The monoisotopic (exact) mass is 302 g/mol. The number of rotatable bonds is 8. The molecule has 21 heavy (non-hydrogen) atoms. The molecule has 0 aromatic heterocycles. The molecule has 0 saturated heterocycles. The summed E-state index contributed by atoms with van der Waals surface area (Å²) in [5.41, 5.74) is 2.01. The number of carbonyl (C=O) groups excluding carboxylic acids is 2. The molecule has 0 aliphatic rings. The summed E-state index contributed by atoms with van der Waals surface area (Å²) in [6.07, 6.45) is -0.521. The number of hydrogen-bond acceptors (Lipinski definition) is 4. The second-order valence-electron chi connectivity index (χ2n) is 5.83. The zero-order valence-corrected chi connectivity index (χ0v) is 13.0. The number of amides is 3. The molecule has 6 N–H and O–H groups in total. The highest BCUT2D eigenvalue weighted by molar-refractivity contribution is 5.90. The molecule has 2 atom stereocenters. The minimum atomic E-state index is -1.28. The van der Waals surface area contributed by atoms with Crippen LogP contribution in [0.25, 0.3) is 0 Å². The molecular formula is C13H26N4O4. The fourth-order valence-corrected chi connectivity index (χ4v) is 1.93. The van der Waals surface area contributed by atoms with Crippen molar-refractivity contribution < 1.29 is 19.5 Å². The SMILES string of the molecule is CC(C)CC(NC(=O)O)C(=O)NC(CC(C)C)C(=O)NN. The zero-order valence-electron chi connectivity index (χ0n) is 13.0. The Morgan fingerprint density at radius 1 is 0.905 bits per heavy atom. The molecule has 0 saturated carbocycles. The van der Waals surface area contributed by atoms with Crippen molar-refractivity contribution in [3.8, 4) is 0 Å². The first-order valence-electron chi connectivity index (χ1n) is 6.97. The van der Waals surface area contributed by atoms with Gasteiger partial charge in [0.15, 0.2) is 0 Å². The molecule has 0 bridgehead atoms. The Morgan fingerprint density at radius 2 is 1.33 bits per heavy atom. The average molecular weight is 302 g/mol. The van der Waals surface area contributed by atoms with E-state index in [-0.39, 0.29) is 11.8 Å². The number of nitrogens with one attached hydrogen (secondary N) is 3. The van der Waals surface area contributed by atoms with Crippen LogP contribution < -0.4 is 21.9 Å². The van der Waals surface area contributed by atoms with Gasteiger partial charge in [-0.2, -0.15) is 0 Å². The van der Waals surface area contributed by atoms with Crippen molar-refractivity contribution in [1.29, 1.82) is 0 Å².